The van der Waals surface area contributed by atoms with E-state index in [9.17, 15) is 4.79 Å². The molecular formula is C15H22ClNO. The second-order valence-corrected chi connectivity index (χ2v) is 5.16. The molecule has 0 amide bonds. The Morgan fingerprint density at radius 1 is 1.33 bits per heavy atom. The highest BCUT2D eigenvalue weighted by atomic mass is 35.5. The van der Waals surface area contributed by atoms with Crippen molar-refractivity contribution in [2.45, 2.75) is 45.6 Å². The molecule has 2 nitrogen and oxygen atoms in total. The molecule has 1 aromatic rings. The summed E-state index contributed by atoms with van der Waals surface area (Å²) in [5.41, 5.74) is 7.00. The van der Waals surface area contributed by atoms with Gasteiger partial charge in [0.05, 0.1) is 0 Å². The Bertz CT molecular complexity index is 395. The Labute approximate surface area is 115 Å². The van der Waals surface area contributed by atoms with Gasteiger partial charge in [0.1, 0.15) is 5.78 Å². The van der Waals surface area contributed by atoms with Crippen molar-refractivity contribution in [3.63, 3.8) is 0 Å². The van der Waals surface area contributed by atoms with Crippen molar-refractivity contribution >= 4 is 17.4 Å². The summed E-state index contributed by atoms with van der Waals surface area (Å²) in [6.07, 6.45) is 2.65. The number of hydrogen-bond acceptors (Lipinski definition) is 2. The predicted molar refractivity (Wildman–Crippen MR) is 76.8 cm³/mol. The van der Waals surface area contributed by atoms with Gasteiger partial charge in [0, 0.05) is 16.5 Å². The maximum absolute atomic E-state index is 11.6. The molecule has 1 atom stereocenters. The van der Waals surface area contributed by atoms with Crippen molar-refractivity contribution < 1.29 is 4.79 Å². The van der Waals surface area contributed by atoms with E-state index in [4.69, 9.17) is 17.3 Å². The van der Waals surface area contributed by atoms with E-state index in [0.717, 1.165) is 29.8 Å². The normalized spacial score (nSPS) is 17.4. The topological polar surface area (TPSA) is 43.1 Å². The van der Waals surface area contributed by atoms with Gasteiger partial charge in [0.2, 0.25) is 0 Å². The minimum Gasteiger partial charge on any atom is -0.324 e. The van der Waals surface area contributed by atoms with Crippen LogP contribution in [0.3, 0.4) is 0 Å². The molecule has 0 bridgehead atoms. The van der Waals surface area contributed by atoms with Crippen molar-refractivity contribution in [1.29, 1.82) is 0 Å². The van der Waals surface area contributed by atoms with E-state index in [1.54, 1.807) is 6.92 Å². The highest BCUT2D eigenvalue weighted by Crippen LogP contribution is 2.41. The maximum atomic E-state index is 11.6. The maximum Gasteiger partial charge on any atom is 0.135 e. The molecule has 0 spiro atoms. The van der Waals surface area contributed by atoms with Crippen LogP contribution in [0.15, 0.2) is 24.3 Å². The van der Waals surface area contributed by atoms with E-state index in [1.165, 1.54) is 0 Å². The quantitative estimate of drug-likeness (QED) is 0.906. The van der Waals surface area contributed by atoms with Gasteiger partial charge in [-0.3, -0.25) is 4.79 Å². The third kappa shape index (κ3) is 3.82. The third-order valence-electron chi connectivity index (χ3n) is 3.37. The van der Waals surface area contributed by atoms with E-state index >= 15 is 0 Å². The van der Waals surface area contributed by atoms with Crippen molar-refractivity contribution in [2.24, 2.45) is 11.7 Å². The van der Waals surface area contributed by atoms with E-state index in [0.29, 0.717) is 0 Å². The highest BCUT2D eigenvalue weighted by Gasteiger charge is 2.47. The molecule has 1 aliphatic carbocycles. The first-order valence-corrected chi connectivity index (χ1v) is 6.93. The van der Waals surface area contributed by atoms with Gasteiger partial charge < -0.3 is 5.73 Å². The van der Waals surface area contributed by atoms with Crippen molar-refractivity contribution in [3.05, 3.63) is 34.9 Å². The minimum absolute atomic E-state index is 0.0475. The zero-order valence-electron chi connectivity index (χ0n) is 11.4. The number of Topliss-reactive ketones (excluding diaryl/α,β-unsaturated/α-hetero) is 1. The first-order valence-electron chi connectivity index (χ1n) is 6.55. The van der Waals surface area contributed by atoms with E-state index in [2.05, 4.69) is 0 Å². The Morgan fingerprint density at radius 3 is 2.22 bits per heavy atom. The Morgan fingerprint density at radius 2 is 1.83 bits per heavy atom. The number of halogens is 1. The fraction of sp³-hybridized carbons (Fsp3) is 0.533. The first kappa shape index (κ1) is 15.2. The highest BCUT2D eigenvalue weighted by molar-refractivity contribution is 6.30. The van der Waals surface area contributed by atoms with Crippen LogP contribution in [0.2, 0.25) is 5.02 Å². The Kier molecular flexibility index (Phi) is 5.36. The fourth-order valence-electron chi connectivity index (χ4n) is 2.10. The molecular weight excluding hydrogens is 246 g/mol. The van der Waals surface area contributed by atoms with E-state index in [1.807, 2.05) is 38.1 Å². The van der Waals surface area contributed by atoms with Crippen molar-refractivity contribution in [3.8, 4) is 0 Å². The molecule has 18 heavy (non-hydrogen) atoms. The summed E-state index contributed by atoms with van der Waals surface area (Å²) in [7, 11) is 0. The summed E-state index contributed by atoms with van der Waals surface area (Å²) < 4.78 is 0. The number of carbonyl (C=O) groups excluding carboxylic acids is 1. The Hall–Kier alpha value is -0.860. The minimum atomic E-state index is -0.245. The van der Waals surface area contributed by atoms with Crippen LogP contribution < -0.4 is 5.73 Å². The summed E-state index contributed by atoms with van der Waals surface area (Å²) >= 11 is 5.82. The molecule has 100 valence electrons. The van der Waals surface area contributed by atoms with E-state index in [-0.39, 0.29) is 17.2 Å². The largest absolute Gasteiger partial charge is 0.324 e. The zero-order chi connectivity index (χ0) is 13.8. The van der Waals surface area contributed by atoms with Crippen LogP contribution >= 0.6 is 11.6 Å². The summed E-state index contributed by atoms with van der Waals surface area (Å²) in [5, 5.41) is 0.719. The lowest BCUT2D eigenvalue weighted by Gasteiger charge is -2.20. The van der Waals surface area contributed by atoms with Gasteiger partial charge in [-0.25, -0.2) is 0 Å². The van der Waals surface area contributed by atoms with Gasteiger partial charge in [-0.2, -0.15) is 0 Å². The standard InChI is InChI=1S/C13H16ClNO.C2H6/c1-9(16)12(13(15)6-7-13)8-10-2-4-11(14)5-3-10;1-2/h2-5,12H,6-8,15H2,1H3;1-2H3. The molecule has 2 N–H and O–H groups in total. The average Bonchev–Trinajstić information content (AvgIpc) is 3.09. The van der Waals surface area contributed by atoms with Crippen LogP contribution in [0.5, 0.6) is 0 Å². The molecule has 2 rings (SSSR count). The van der Waals surface area contributed by atoms with Crippen LogP contribution in [0.4, 0.5) is 0 Å². The molecule has 0 heterocycles. The van der Waals surface area contributed by atoms with Crippen LogP contribution in [0.25, 0.3) is 0 Å². The molecule has 1 aliphatic rings. The van der Waals surface area contributed by atoms with Crippen LogP contribution in [0, 0.1) is 5.92 Å². The monoisotopic (exact) mass is 267 g/mol. The van der Waals surface area contributed by atoms with Crippen LogP contribution in [-0.4, -0.2) is 11.3 Å². The van der Waals surface area contributed by atoms with Crippen LogP contribution in [-0.2, 0) is 11.2 Å². The van der Waals surface area contributed by atoms with Gasteiger partial charge in [0.15, 0.2) is 0 Å². The van der Waals surface area contributed by atoms with E-state index < -0.39 is 0 Å². The SMILES string of the molecule is CC.CC(=O)C(Cc1ccc(Cl)cc1)C1(N)CC1. The molecule has 3 heteroatoms. The molecule has 0 aromatic heterocycles. The predicted octanol–water partition coefficient (Wildman–Crippen LogP) is 3.61. The molecule has 0 saturated heterocycles. The summed E-state index contributed by atoms with van der Waals surface area (Å²) in [6.45, 7) is 5.63. The lowest BCUT2D eigenvalue weighted by Crippen LogP contribution is -2.38. The number of nitrogens with two attached hydrogens (primary N) is 1. The number of ketones is 1. The Balaban J connectivity index is 0.000000771. The lowest BCUT2D eigenvalue weighted by molar-refractivity contribution is -0.121. The summed E-state index contributed by atoms with van der Waals surface area (Å²) in [6, 6.07) is 7.63. The summed E-state index contributed by atoms with van der Waals surface area (Å²) in [5.74, 6) is 0.142. The first-order chi connectivity index (χ1) is 8.51. The van der Waals surface area contributed by atoms with Crippen molar-refractivity contribution in [2.75, 3.05) is 0 Å². The molecule has 1 fully saturated rings. The smallest absolute Gasteiger partial charge is 0.135 e. The molecule has 1 unspecified atom stereocenters. The van der Waals surface area contributed by atoms with Gasteiger partial charge in [-0.05, 0) is 43.9 Å². The number of hydrogen-bond donors (Lipinski definition) is 1. The molecule has 1 saturated carbocycles. The molecule has 0 aliphatic heterocycles. The van der Waals surface area contributed by atoms with Gasteiger partial charge in [-0.15, -0.1) is 0 Å². The lowest BCUT2D eigenvalue weighted by atomic mass is 9.87. The van der Waals surface area contributed by atoms with Gasteiger partial charge in [0.25, 0.3) is 0 Å². The second-order valence-electron chi connectivity index (χ2n) is 4.73. The molecule has 0 radical (unpaired) electrons. The third-order valence-corrected chi connectivity index (χ3v) is 3.62. The number of benzene rings is 1. The van der Waals surface area contributed by atoms with Gasteiger partial charge >= 0.3 is 0 Å². The second kappa shape index (κ2) is 6.35. The summed E-state index contributed by atoms with van der Waals surface area (Å²) in [4.78, 5) is 11.6. The van der Waals surface area contributed by atoms with Gasteiger partial charge in [-0.1, -0.05) is 37.6 Å². The number of carbonyl (C=O) groups is 1. The average molecular weight is 268 g/mol. The number of rotatable bonds is 4. The van der Waals surface area contributed by atoms with Crippen molar-refractivity contribution in [1.82, 2.24) is 0 Å². The molecule has 1 aromatic carbocycles. The zero-order valence-corrected chi connectivity index (χ0v) is 12.1. The fourth-order valence-corrected chi connectivity index (χ4v) is 2.23. The van der Waals surface area contributed by atoms with Crippen LogP contribution in [0.1, 0.15) is 39.2 Å².